The Morgan fingerprint density at radius 1 is 1.40 bits per heavy atom. The van der Waals surface area contributed by atoms with Gasteiger partial charge in [-0.15, -0.1) is 0 Å². The summed E-state index contributed by atoms with van der Waals surface area (Å²) in [5.74, 6) is -1.42. The van der Waals surface area contributed by atoms with Gasteiger partial charge in [-0.3, -0.25) is 0 Å². The summed E-state index contributed by atoms with van der Waals surface area (Å²) in [5.41, 5.74) is -0.478. The molecule has 0 aliphatic heterocycles. The quantitative estimate of drug-likeness (QED) is 0.731. The first-order valence-corrected chi connectivity index (χ1v) is 7.83. The molecule has 0 aliphatic rings. The van der Waals surface area contributed by atoms with Crippen LogP contribution in [0, 0.1) is 0 Å². The Balaban J connectivity index is 3.33. The summed E-state index contributed by atoms with van der Waals surface area (Å²) >= 11 is 11.5. The average molecular weight is 342 g/mol. The number of hydrogen-bond acceptors (Lipinski definition) is 4. The highest BCUT2D eigenvalue weighted by molar-refractivity contribution is 7.89. The minimum Gasteiger partial charge on any atom is -0.478 e. The molecule has 9 heteroatoms. The monoisotopic (exact) mass is 341 g/mol. The van der Waals surface area contributed by atoms with Crippen molar-refractivity contribution in [3.05, 3.63) is 27.7 Å². The van der Waals surface area contributed by atoms with Crippen LogP contribution in [0.3, 0.4) is 0 Å². The van der Waals surface area contributed by atoms with Crippen LogP contribution in [-0.2, 0) is 10.0 Å². The molecule has 1 unspecified atom stereocenters. The first-order chi connectivity index (χ1) is 9.24. The van der Waals surface area contributed by atoms with Crippen molar-refractivity contribution in [2.45, 2.75) is 24.3 Å². The second kappa shape index (κ2) is 6.73. The van der Waals surface area contributed by atoms with Crippen molar-refractivity contribution >= 4 is 39.2 Å². The predicted octanol–water partition coefficient (Wildman–Crippen LogP) is 1.74. The van der Waals surface area contributed by atoms with Gasteiger partial charge in [0.25, 0.3) is 0 Å². The van der Waals surface area contributed by atoms with Crippen molar-refractivity contribution in [1.82, 2.24) is 4.72 Å². The molecule has 0 fully saturated rings. The standard InChI is InChI=1S/C11H13Cl2NO5S/c1-2-6(5-15)14-20(18,19)8-4-3-7(12)9(10(8)13)11(16)17/h3-4,6,14-15H,2,5H2,1H3,(H,16,17). The number of carboxylic acid groups (broad SMARTS) is 1. The second-order valence-corrected chi connectivity index (χ2v) is 6.42. The number of aliphatic hydroxyl groups is 1. The van der Waals surface area contributed by atoms with Crippen LogP contribution in [0.5, 0.6) is 0 Å². The number of carbonyl (C=O) groups is 1. The van der Waals surface area contributed by atoms with Gasteiger partial charge in [-0.1, -0.05) is 30.1 Å². The molecule has 1 aromatic carbocycles. The van der Waals surface area contributed by atoms with E-state index >= 15 is 0 Å². The Hall–Kier alpha value is -0.860. The van der Waals surface area contributed by atoms with Gasteiger partial charge < -0.3 is 10.2 Å². The fourth-order valence-electron chi connectivity index (χ4n) is 1.47. The summed E-state index contributed by atoms with van der Waals surface area (Å²) in [5, 5.41) is 17.4. The molecule has 0 heterocycles. The third kappa shape index (κ3) is 3.62. The summed E-state index contributed by atoms with van der Waals surface area (Å²) in [7, 11) is -4.05. The number of benzene rings is 1. The highest BCUT2D eigenvalue weighted by Crippen LogP contribution is 2.31. The molecular formula is C11H13Cl2NO5S. The van der Waals surface area contributed by atoms with Crippen LogP contribution in [0.25, 0.3) is 0 Å². The number of carboxylic acids is 1. The number of nitrogens with one attached hydrogen (secondary N) is 1. The number of aliphatic hydroxyl groups excluding tert-OH is 1. The van der Waals surface area contributed by atoms with Crippen LogP contribution in [0.2, 0.25) is 10.0 Å². The van der Waals surface area contributed by atoms with Crippen LogP contribution in [-0.4, -0.2) is 37.2 Å². The van der Waals surface area contributed by atoms with Crippen LogP contribution >= 0.6 is 23.2 Å². The summed E-state index contributed by atoms with van der Waals surface area (Å²) in [6.45, 7) is 1.31. The fraction of sp³-hybridized carbons (Fsp3) is 0.364. The normalized spacial score (nSPS) is 13.2. The maximum atomic E-state index is 12.1. The van der Waals surface area contributed by atoms with Crippen LogP contribution in [0.15, 0.2) is 17.0 Å². The topological polar surface area (TPSA) is 104 Å². The number of aromatic carboxylic acids is 1. The van der Waals surface area contributed by atoms with Gasteiger partial charge >= 0.3 is 5.97 Å². The molecule has 1 aromatic rings. The Morgan fingerprint density at radius 3 is 2.45 bits per heavy atom. The van der Waals surface area contributed by atoms with E-state index in [1.165, 1.54) is 0 Å². The molecule has 0 radical (unpaired) electrons. The van der Waals surface area contributed by atoms with E-state index in [-0.39, 0.29) is 11.6 Å². The third-order valence-corrected chi connectivity index (χ3v) is 4.98. The summed E-state index contributed by atoms with van der Waals surface area (Å²) in [6.07, 6.45) is 0.368. The summed E-state index contributed by atoms with van der Waals surface area (Å²) < 4.78 is 26.5. The van der Waals surface area contributed by atoms with E-state index < -0.39 is 37.5 Å². The van der Waals surface area contributed by atoms with E-state index in [2.05, 4.69) is 4.72 Å². The minimum atomic E-state index is -4.05. The van der Waals surface area contributed by atoms with E-state index in [1.807, 2.05) is 0 Å². The molecule has 1 rings (SSSR count). The van der Waals surface area contributed by atoms with Crippen molar-refractivity contribution in [2.24, 2.45) is 0 Å². The lowest BCUT2D eigenvalue weighted by Crippen LogP contribution is -2.37. The first-order valence-electron chi connectivity index (χ1n) is 5.59. The molecule has 20 heavy (non-hydrogen) atoms. The molecule has 6 nitrogen and oxygen atoms in total. The Labute approximate surface area is 126 Å². The molecular weight excluding hydrogens is 329 g/mol. The third-order valence-electron chi connectivity index (χ3n) is 2.59. The van der Waals surface area contributed by atoms with Gasteiger partial charge in [0.1, 0.15) is 4.90 Å². The van der Waals surface area contributed by atoms with Crippen LogP contribution in [0.4, 0.5) is 0 Å². The molecule has 0 amide bonds. The number of halogens is 2. The maximum Gasteiger partial charge on any atom is 0.338 e. The zero-order valence-corrected chi connectivity index (χ0v) is 12.8. The lowest BCUT2D eigenvalue weighted by atomic mass is 10.2. The highest BCUT2D eigenvalue weighted by Gasteiger charge is 2.26. The van der Waals surface area contributed by atoms with Crippen molar-refractivity contribution in [3.63, 3.8) is 0 Å². The second-order valence-electron chi connectivity index (χ2n) is 3.95. The summed E-state index contributed by atoms with van der Waals surface area (Å²) in [6, 6.07) is 1.58. The van der Waals surface area contributed by atoms with Crippen molar-refractivity contribution in [2.75, 3.05) is 6.61 Å². The predicted molar refractivity (Wildman–Crippen MR) is 74.9 cm³/mol. The van der Waals surface area contributed by atoms with Crippen LogP contribution < -0.4 is 4.72 Å². The average Bonchev–Trinajstić information content (AvgIpc) is 2.35. The van der Waals surface area contributed by atoms with E-state index in [9.17, 15) is 13.2 Å². The Bertz CT molecular complexity index is 613. The molecule has 0 bridgehead atoms. The molecule has 112 valence electrons. The van der Waals surface area contributed by atoms with E-state index in [4.69, 9.17) is 33.4 Å². The van der Waals surface area contributed by atoms with Crippen molar-refractivity contribution in [1.29, 1.82) is 0 Å². The van der Waals surface area contributed by atoms with E-state index in [1.54, 1.807) is 6.92 Å². The van der Waals surface area contributed by atoms with Gasteiger partial charge in [0.15, 0.2) is 0 Å². The smallest absolute Gasteiger partial charge is 0.338 e. The van der Waals surface area contributed by atoms with Gasteiger partial charge in [-0.25, -0.2) is 17.9 Å². The van der Waals surface area contributed by atoms with Gasteiger partial charge in [0, 0.05) is 6.04 Å². The molecule has 0 saturated carbocycles. The lowest BCUT2D eigenvalue weighted by molar-refractivity contribution is 0.0697. The largest absolute Gasteiger partial charge is 0.478 e. The first kappa shape index (κ1) is 17.2. The molecule has 0 spiro atoms. The van der Waals surface area contributed by atoms with Gasteiger partial charge in [0.05, 0.1) is 22.2 Å². The van der Waals surface area contributed by atoms with E-state index in [0.29, 0.717) is 6.42 Å². The van der Waals surface area contributed by atoms with Crippen LogP contribution in [0.1, 0.15) is 23.7 Å². The SMILES string of the molecule is CCC(CO)NS(=O)(=O)c1ccc(Cl)c(C(=O)O)c1Cl. The minimum absolute atomic E-state index is 0.157. The number of hydrogen-bond donors (Lipinski definition) is 3. The Morgan fingerprint density at radius 2 is 2.00 bits per heavy atom. The summed E-state index contributed by atoms with van der Waals surface area (Å²) in [4.78, 5) is 10.6. The van der Waals surface area contributed by atoms with Crippen molar-refractivity contribution in [3.8, 4) is 0 Å². The van der Waals surface area contributed by atoms with E-state index in [0.717, 1.165) is 12.1 Å². The van der Waals surface area contributed by atoms with Gasteiger partial charge in [-0.05, 0) is 18.6 Å². The fourth-order valence-corrected chi connectivity index (χ4v) is 3.70. The molecule has 0 aromatic heterocycles. The van der Waals surface area contributed by atoms with Crippen molar-refractivity contribution < 1.29 is 23.4 Å². The highest BCUT2D eigenvalue weighted by atomic mass is 35.5. The lowest BCUT2D eigenvalue weighted by Gasteiger charge is -2.16. The molecule has 3 N–H and O–H groups in total. The zero-order chi connectivity index (χ0) is 15.5. The molecule has 1 atom stereocenters. The number of rotatable bonds is 6. The van der Waals surface area contributed by atoms with Gasteiger partial charge in [0.2, 0.25) is 10.0 Å². The maximum absolute atomic E-state index is 12.1. The molecule has 0 aliphatic carbocycles. The molecule has 0 saturated heterocycles. The zero-order valence-electron chi connectivity index (χ0n) is 10.4. The number of sulfonamides is 1. The Kier molecular flexibility index (Phi) is 5.79. The van der Waals surface area contributed by atoms with Gasteiger partial charge in [-0.2, -0.15) is 0 Å².